The van der Waals surface area contributed by atoms with Gasteiger partial charge in [-0.25, -0.2) is 4.98 Å². The largest absolute Gasteiger partial charge is 0.252 e. The first kappa shape index (κ1) is 18.4. The van der Waals surface area contributed by atoms with Crippen LogP contribution < -0.4 is 5.43 Å². The zero-order valence-electron chi connectivity index (χ0n) is 13.5. The standard InChI is InChI=1S/C18H14BrCl2N3S/c1-10(13-5-8-15(20)16(21)9-13)23-24-18-22-17(11(2)25-18)12-3-6-14(19)7-4-12/h3-9H,1-2H3,(H,22,24)/b23-10+. The lowest BCUT2D eigenvalue weighted by atomic mass is 10.1. The molecular weight excluding hydrogens is 441 g/mol. The van der Waals surface area contributed by atoms with E-state index < -0.39 is 0 Å². The molecule has 0 radical (unpaired) electrons. The first-order valence-electron chi connectivity index (χ1n) is 7.43. The molecule has 2 aromatic carbocycles. The minimum absolute atomic E-state index is 0.510. The molecule has 0 saturated heterocycles. The van der Waals surface area contributed by atoms with Crippen LogP contribution in [0.2, 0.25) is 10.0 Å². The van der Waals surface area contributed by atoms with Crippen molar-refractivity contribution in [1.82, 2.24) is 4.98 Å². The van der Waals surface area contributed by atoms with Crippen molar-refractivity contribution in [2.45, 2.75) is 13.8 Å². The van der Waals surface area contributed by atoms with Gasteiger partial charge in [0.2, 0.25) is 5.13 Å². The third-order valence-electron chi connectivity index (χ3n) is 3.57. The van der Waals surface area contributed by atoms with E-state index in [1.54, 1.807) is 23.5 Å². The van der Waals surface area contributed by atoms with Crippen molar-refractivity contribution >= 4 is 61.3 Å². The van der Waals surface area contributed by atoms with Crippen molar-refractivity contribution < 1.29 is 0 Å². The summed E-state index contributed by atoms with van der Waals surface area (Å²) in [6.45, 7) is 3.96. The third-order valence-corrected chi connectivity index (χ3v) is 5.71. The molecule has 0 fully saturated rings. The molecule has 7 heteroatoms. The van der Waals surface area contributed by atoms with Crippen LogP contribution in [0.25, 0.3) is 11.3 Å². The zero-order chi connectivity index (χ0) is 18.0. The maximum atomic E-state index is 6.06. The number of hydrazone groups is 1. The number of hydrogen-bond acceptors (Lipinski definition) is 4. The number of hydrogen-bond donors (Lipinski definition) is 1. The van der Waals surface area contributed by atoms with E-state index in [2.05, 4.69) is 38.4 Å². The van der Waals surface area contributed by atoms with E-state index >= 15 is 0 Å². The van der Waals surface area contributed by atoms with Gasteiger partial charge in [-0.05, 0) is 43.7 Å². The average Bonchev–Trinajstić information content (AvgIpc) is 2.96. The van der Waals surface area contributed by atoms with Crippen LogP contribution in [0.5, 0.6) is 0 Å². The second-order valence-corrected chi connectivity index (χ2v) is 8.30. The van der Waals surface area contributed by atoms with Crippen molar-refractivity contribution in [2.75, 3.05) is 5.43 Å². The normalized spacial score (nSPS) is 11.6. The van der Waals surface area contributed by atoms with Gasteiger partial charge in [-0.15, -0.1) is 11.3 Å². The lowest BCUT2D eigenvalue weighted by Gasteiger charge is -2.03. The number of halogens is 3. The van der Waals surface area contributed by atoms with E-state index in [-0.39, 0.29) is 0 Å². The van der Waals surface area contributed by atoms with Crippen LogP contribution in [-0.4, -0.2) is 10.7 Å². The van der Waals surface area contributed by atoms with Crippen molar-refractivity contribution in [3.05, 3.63) is 67.4 Å². The van der Waals surface area contributed by atoms with Crippen LogP contribution in [0.1, 0.15) is 17.4 Å². The van der Waals surface area contributed by atoms with Crippen LogP contribution in [0.4, 0.5) is 5.13 Å². The number of thiazole rings is 1. The summed E-state index contributed by atoms with van der Waals surface area (Å²) in [7, 11) is 0. The summed E-state index contributed by atoms with van der Waals surface area (Å²) in [5.74, 6) is 0. The number of nitrogens with zero attached hydrogens (tertiary/aromatic N) is 2. The predicted octanol–water partition coefficient (Wildman–Crippen LogP) is 7.02. The van der Waals surface area contributed by atoms with Crippen molar-refractivity contribution in [2.24, 2.45) is 5.10 Å². The second-order valence-electron chi connectivity index (χ2n) is 5.37. The summed E-state index contributed by atoms with van der Waals surface area (Å²) in [6.07, 6.45) is 0. The Morgan fingerprint density at radius 3 is 2.52 bits per heavy atom. The lowest BCUT2D eigenvalue weighted by Crippen LogP contribution is -1.99. The summed E-state index contributed by atoms with van der Waals surface area (Å²) >= 11 is 17.0. The summed E-state index contributed by atoms with van der Waals surface area (Å²) in [6, 6.07) is 13.5. The average molecular weight is 455 g/mol. The van der Waals surface area contributed by atoms with E-state index in [0.29, 0.717) is 10.0 Å². The molecule has 3 aromatic rings. The monoisotopic (exact) mass is 453 g/mol. The van der Waals surface area contributed by atoms with Gasteiger partial charge >= 0.3 is 0 Å². The minimum atomic E-state index is 0.510. The Hall–Kier alpha value is -1.40. The molecule has 0 atom stereocenters. The Morgan fingerprint density at radius 2 is 1.84 bits per heavy atom. The SMILES string of the molecule is C/C(=N\Nc1nc(-c2ccc(Br)cc2)c(C)s1)c1ccc(Cl)c(Cl)c1. The van der Waals surface area contributed by atoms with Crippen molar-refractivity contribution in [1.29, 1.82) is 0 Å². The Kier molecular flexibility index (Phi) is 5.79. The topological polar surface area (TPSA) is 37.3 Å². The molecule has 0 aliphatic rings. The van der Waals surface area contributed by atoms with Gasteiger partial charge in [-0.3, -0.25) is 5.43 Å². The van der Waals surface area contributed by atoms with E-state index in [0.717, 1.165) is 37.0 Å². The summed E-state index contributed by atoms with van der Waals surface area (Å²) in [5, 5.41) is 6.19. The summed E-state index contributed by atoms with van der Waals surface area (Å²) < 4.78 is 1.05. The molecule has 1 heterocycles. The maximum absolute atomic E-state index is 6.06. The van der Waals surface area contributed by atoms with Crippen LogP contribution in [0.3, 0.4) is 0 Å². The summed E-state index contributed by atoms with van der Waals surface area (Å²) in [5.41, 5.74) is 6.78. The lowest BCUT2D eigenvalue weighted by molar-refractivity contribution is 1.27. The van der Waals surface area contributed by atoms with E-state index in [9.17, 15) is 0 Å². The van der Waals surface area contributed by atoms with Gasteiger partial charge in [0.1, 0.15) is 0 Å². The van der Waals surface area contributed by atoms with E-state index in [1.807, 2.05) is 37.3 Å². The molecule has 3 nitrogen and oxygen atoms in total. The Balaban J connectivity index is 1.80. The maximum Gasteiger partial charge on any atom is 0.204 e. The van der Waals surface area contributed by atoms with Crippen LogP contribution in [0, 0.1) is 6.92 Å². The Morgan fingerprint density at radius 1 is 1.12 bits per heavy atom. The molecule has 0 saturated carbocycles. The number of anilines is 1. The first-order valence-corrected chi connectivity index (χ1v) is 9.79. The van der Waals surface area contributed by atoms with Crippen LogP contribution in [0.15, 0.2) is 52.0 Å². The molecule has 0 bridgehead atoms. The minimum Gasteiger partial charge on any atom is -0.252 e. The van der Waals surface area contributed by atoms with Gasteiger partial charge in [-0.1, -0.05) is 57.3 Å². The molecule has 0 spiro atoms. The highest BCUT2D eigenvalue weighted by Gasteiger charge is 2.10. The fraction of sp³-hybridized carbons (Fsp3) is 0.111. The van der Waals surface area contributed by atoms with Gasteiger partial charge in [0.05, 0.1) is 21.5 Å². The molecule has 25 heavy (non-hydrogen) atoms. The zero-order valence-corrected chi connectivity index (χ0v) is 17.4. The third kappa shape index (κ3) is 4.42. The van der Waals surface area contributed by atoms with Gasteiger partial charge < -0.3 is 0 Å². The van der Waals surface area contributed by atoms with Gasteiger partial charge in [0.15, 0.2) is 0 Å². The molecule has 0 amide bonds. The van der Waals surface area contributed by atoms with Gasteiger partial charge in [-0.2, -0.15) is 5.10 Å². The fourth-order valence-electron chi connectivity index (χ4n) is 2.24. The van der Waals surface area contributed by atoms with Crippen LogP contribution in [-0.2, 0) is 0 Å². The molecule has 0 aliphatic carbocycles. The summed E-state index contributed by atoms with van der Waals surface area (Å²) in [4.78, 5) is 5.78. The van der Waals surface area contributed by atoms with Crippen LogP contribution >= 0.6 is 50.5 Å². The highest BCUT2D eigenvalue weighted by molar-refractivity contribution is 9.10. The molecule has 128 valence electrons. The smallest absolute Gasteiger partial charge is 0.204 e. The van der Waals surface area contributed by atoms with Crippen molar-refractivity contribution in [3.8, 4) is 11.3 Å². The van der Waals surface area contributed by atoms with E-state index in [1.165, 1.54) is 0 Å². The fourth-order valence-corrected chi connectivity index (χ4v) is 3.58. The highest BCUT2D eigenvalue weighted by atomic mass is 79.9. The molecule has 0 unspecified atom stereocenters. The van der Waals surface area contributed by atoms with Gasteiger partial charge in [0.25, 0.3) is 0 Å². The Bertz CT molecular complexity index is 936. The number of nitrogens with one attached hydrogen (secondary N) is 1. The molecule has 0 aliphatic heterocycles. The second kappa shape index (κ2) is 7.87. The molecule has 1 N–H and O–H groups in total. The van der Waals surface area contributed by atoms with E-state index in [4.69, 9.17) is 23.2 Å². The number of aromatic nitrogens is 1. The van der Waals surface area contributed by atoms with Gasteiger partial charge in [0, 0.05) is 14.9 Å². The molecule has 1 aromatic heterocycles. The molecule has 3 rings (SSSR count). The first-order chi connectivity index (χ1) is 11.9. The number of rotatable bonds is 4. The quantitative estimate of drug-likeness (QED) is 0.339. The molecular formula is C18H14BrCl2N3S. The van der Waals surface area contributed by atoms with Crippen molar-refractivity contribution in [3.63, 3.8) is 0 Å². The number of aryl methyl sites for hydroxylation is 1. The Labute approximate surface area is 168 Å². The predicted molar refractivity (Wildman–Crippen MR) is 112 cm³/mol. The highest BCUT2D eigenvalue weighted by Crippen LogP contribution is 2.31. The number of benzene rings is 2.